The Bertz CT molecular complexity index is 1110. The number of hydrogen-bond donors (Lipinski definition) is 1. The molecule has 4 aliphatic heterocycles. The second-order valence-corrected chi connectivity index (χ2v) is 34.3. The Morgan fingerprint density at radius 2 is 0.797 bits per heavy atom. The molecule has 0 aliphatic carbocycles. The van der Waals surface area contributed by atoms with E-state index in [1.807, 2.05) is 27.7 Å². The van der Waals surface area contributed by atoms with Gasteiger partial charge in [-0.25, -0.2) is 0 Å². The molecule has 0 spiro atoms. The van der Waals surface area contributed by atoms with E-state index >= 15 is 0 Å². The van der Waals surface area contributed by atoms with Crippen LogP contribution < -0.4 is 18.1 Å². The van der Waals surface area contributed by atoms with Gasteiger partial charge >= 0.3 is 21.4 Å². The molecule has 0 bridgehead atoms. The lowest BCUT2D eigenvalue weighted by atomic mass is 9.74. The summed E-state index contributed by atoms with van der Waals surface area (Å²) in [5.74, 6) is 2.40. The third-order valence-electron chi connectivity index (χ3n) is 12.6. The molecule has 4 saturated heterocycles. The quantitative estimate of drug-likeness (QED) is 0.161. The lowest BCUT2D eigenvalue weighted by Gasteiger charge is -2.49. The molecule has 0 amide bonds. The van der Waals surface area contributed by atoms with Crippen LogP contribution in [0, 0.1) is 17.8 Å². The third kappa shape index (κ3) is 18.0. The van der Waals surface area contributed by atoms with Gasteiger partial charge in [-0.1, -0.05) is 80.8 Å². The van der Waals surface area contributed by atoms with Crippen molar-refractivity contribution in [1.82, 2.24) is 4.23 Å². The zero-order valence-corrected chi connectivity index (χ0v) is 46.4. The van der Waals surface area contributed by atoms with Crippen molar-refractivity contribution in [1.29, 1.82) is 0 Å². The van der Waals surface area contributed by atoms with Gasteiger partial charge in [0.2, 0.25) is 0 Å². The normalized spacial score (nSPS) is 24.2. The van der Waals surface area contributed by atoms with Crippen LogP contribution in [-0.2, 0) is 32.7 Å². The molecule has 3 atom stereocenters. The first kappa shape index (κ1) is 59.8. The largest absolute Gasteiger partial charge is 1.00 e. The van der Waals surface area contributed by atoms with Crippen molar-refractivity contribution in [2.75, 3.05) is 13.2 Å². The maximum absolute atomic E-state index is 6.48. The smallest absolute Gasteiger partial charge is 0.521 e. The Labute approximate surface area is 380 Å². The molecule has 59 heavy (non-hydrogen) atoms. The third-order valence-corrected chi connectivity index (χ3v) is 20.6. The fraction of sp³-hybridized carbons (Fsp3) is 1.00. The fourth-order valence-corrected chi connectivity index (χ4v) is 18.7. The van der Waals surface area contributed by atoms with Crippen LogP contribution in [-0.4, -0.2) is 106 Å². The second-order valence-electron chi connectivity index (χ2n) is 23.6. The highest BCUT2D eigenvalue weighted by atomic mass is 35.5. The van der Waals surface area contributed by atoms with Crippen molar-refractivity contribution in [3.63, 3.8) is 0 Å². The molecule has 16 heteroatoms. The summed E-state index contributed by atoms with van der Waals surface area (Å²) in [6.07, 6.45) is 5.64. The molecule has 4 aliphatic rings. The van der Waals surface area contributed by atoms with Crippen molar-refractivity contribution in [3.05, 3.63) is 0 Å². The van der Waals surface area contributed by atoms with E-state index in [1.165, 1.54) is 12.8 Å². The first-order chi connectivity index (χ1) is 25.8. The predicted octanol–water partition coefficient (Wildman–Crippen LogP) is 7.35. The van der Waals surface area contributed by atoms with E-state index in [-0.39, 0.29) is 78.6 Å². The fourth-order valence-electron chi connectivity index (χ4n) is 7.77. The average molecular weight is 912 g/mol. The predicted molar refractivity (Wildman–Crippen MR) is 255 cm³/mol. The van der Waals surface area contributed by atoms with Crippen molar-refractivity contribution in [3.8, 4) is 0 Å². The number of nitrogens with zero attached hydrogens (tertiary/aromatic N) is 1. The molecular formula is C43H95B3Cl2N2O7Si2. The van der Waals surface area contributed by atoms with Crippen LogP contribution in [0.4, 0.5) is 0 Å². The van der Waals surface area contributed by atoms with Crippen LogP contribution in [0.25, 0.3) is 0 Å². The standard InChI is InChI=1S/C17H40BNO2Si2.C11H22BClO2.C11H24BNO2.C4H8O.ClH/c1-14(2)13-15(19(22(7,8)9)23(10,11)12)18-20-16(3,4)17(5,6)21-18;2*1-8(2)7-9(13)12-14-10(3,4)11(5,6)15-12;1-2-4-5-3-1;/h14-15H,13H2,1-12H3;8-9H,7H2,1-6H3;8-9H,7,13H2,1-6H3;1-4H2;1H. The summed E-state index contributed by atoms with van der Waals surface area (Å²) in [5.41, 5.74) is 2.62. The summed E-state index contributed by atoms with van der Waals surface area (Å²) in [6.45, 7) is 55.2. The van der Waals surface area contributed by atoms with Crippen molar-refractivity contribution in [2.24, 2.45) is 17.8 Å². The van der Waals surface area contributed by atoms with Crippen molar-refractivity contribution in [2.45, 2.75) is 247 Å². The summed E-state index contributed by atoms with van der Waals surface area (Å²) in [5, 5.41) is -0.0638. The molecule has 0 radical (unpaired) electrons. The summed E-state index contributed by atoms with van der Waals surface area (Å²) >= 11 is 6.29. The minimum Gasteiger partial charge on any atom is -1.00 e. The maximum Gasteiger partial charge on any atom is 0.521 e. The van der Waals surface area contributed by atoms with E-state index in [0.29, 0.717) is 23.7 Å². The number of ether oxygens (including phenoxy) is 1. The molecule has 0 aromatic heterocycles. The van der Waals surface area contributed by atoms with Gasteiger partial charge in [0.1, 0.15) is 22.4 Å². The highest BCUT2D eigenvalue weighted by molar-refractivity contribution is 6.90. The Morgan fingerprint density at radius 1 is 0.508 bits per heavy atom. The lowest BCUT2D eigenvalue weighted by Crippen LogP contribution is -3.00. The molecule has 3 N–H and O–H groups in total. The maximum atomic E-state index is 6.48. The SMILES string of the molecule is C1CCOC1.CC(C)CC(B1OC(C)(C)C(C)(C)O1)N([Si](C)(C)C)[Si](C)(C)C.CC(C)CC(Cl)B1OC(C)(C)C(C)(C)O1.CC(C)CC([NH3+])B1OC(C)(C)C(C)(C)O1.[Cl-]. The minimum absolute atomic E-state index is 0. The molecule has 350 valence electrons. The van der Waals surface area contributed by atoms with Crippen LogP contribution >= 0.6 is 11.6 Å². The average Bonchev–Trinajstić information content (AvgIpc) is 3.72. The highest BCUT2D eigenvalue weighted by Crippen LogP contribution is 2.42. The first-order valence-electron chi connectivity index (χ1n) is 22.7. The second kappa shape index (κ2) is 22.8. The number of quaternary nitrogens is 1. The monoisotopic (exact) mass is 911 g/mol. The molecule has 4 fully saturated rings. The van der Waals surface area contributed by atoms with Crippen molar-refractivity contribution < 1.29 is 50.8 Å². The summed E-state index contributed by atoms with van der Waals surface area (Å²) in [7, 11) is -3.51. The zero-order valence-electron chi connectivity index (χ0n) is 42.9. The Morgan fingerprint density at radius 3 is 1.05 bits per heavy atom. The van der Waals surface area contributed by atoms with Gasteiger partial charge in [0, 0.05) is 19.2 Å². The van der Waals surface area contributed by atoms with Gasteiger partial charge in [0.15, 0.2) is 0 Å². The first-order valence-corrected chi connectivity index (χ1v) is 30.0. The minimum atomic E-state index is -1.48. The lowest BCUT2D eigenvalue weighted by molar-refractivity contribution is -0.400. The van der Waals surface area contributed by atoms with Crippen LogP contribution in [0.5, 0.6) is 0 Å². The summed E-state index contributed by atoms with van der Waals surface area (Å²) in [4.78, 5) is 0. The molecule has 0 saturated carbocycles. The van der Waals surface area contributed by atoms with Gasteiger partial charge in [-0.15, -0.1) is 11.6 Å². The summed E-state index contributed by atoms with van der Waals surface area (Å²) in [6, 6.07) is 0. The van der Waals surface area contributed by atoms with Crippen LogP contribution in [0.15, 0.2) is 0 Å². The molecule has 3 unspecified atom stereocenters. The molecule has 9 nitrogen and oxygen atoms in total. The van der Waals surface area contributed by atoms with Gasteiger partial charge in [0.25, 0.3) is 0 Å². The zero-order chi connectivity index (χ0) is 45.7. The van der Waals surface area contributed by atoms with Crippen LogP contribution in [0.3, 0.4) is 0 Å². The van der Waals surface area contributed by atoms with E-state index in [4.69, 9.17) is 44.3 Å². The van der Waals surface area contributed by atoms with Gasteiger partial charge in [0.05, 0.1) is 38.9 Å². The van der Waals surface area contributed by atoms with Gasteiger partial charge in [-0.2, -0.15) is 0 Å². The number of hydrogen-bond acceptors (Lipinski definition) is 8. The number of alkyl halides is 1. The topological polar surface area (TPSA) is 95.5 Å². The number of halogens is 2. The van der Waals surface area contributed by atoms with Gasteiger partial charge < -0.3 is 55.0 Å². The molecular weight excluding hydrogens is 816 g/mol. The Kier molecular flexibility index (Phi) is 23.2. The van der Waals surface area contributed by atoms with E-state index in [2.05, 4.69) is 146 Å². The van der Waals surface area contributed by atoms with Crippen LogP contribution in [0.1, 0.15) is 157 Å². The Hall–Kier alpha value is 0.849. The summed E-state index contributed by atoms with van der Waals surface area (Å²) < 4.78 is 44.4. The van der Waals surface area contributed by atoms with E-state index in [0.717, 1.165) is 32.5 Å². The molecule has 0 aromatic carbocycles. The van der Waals surface area contributed by atoms with E-state index < -0.39 is 16.5 Å². The van der Waals surface area contributed by atoms with Gasteiger partial charge in [-0.3, -0.25) is 0 Å². The molecule has 0 aromatic rings. The van der Waals surface area contributed by atoms with E-state index in [1.54, 1.807) is 0 Å². The van der Waals surface area contributed by atoms with E-state index in [9.17, 15) is 0 Å². The Balaban J connectivity index is 0.000000820. The van der Waals surface area contributed by atoms with Gasteiger partial charge in [-0.05, 0) is 133 Å². The molecule has 4 rings (SSSR count). The van der Waals surface area contributed by atoms with Crippen molar-refractivity contribution >= 4 is 49.4 Å². The molecule has 4 heterocycles. The number of rotatable bonds is 12. The van der Waals surface area contributed by atoms with Crippen LogP contribution in [0.2, 0.25) is 39.3 Å². The highest BCUT2D eigenvalue weighted by Gasteiger charge is 2.58.